The van der Waals surface area contributed by atoms with E-state index in [1.165, 1.54) is 12.1 Å². The van der Waals surface area contributed by atoms with Gasteiger partial charge < -0.3 is 10.2 Å². The van der Waals surface area contributed by atoms with Crippen LogP contribution in [0.2, 0.25) is 0 Å². The monoisotopic (exact) mass is 339 g/mol. The van der Waals surface area contributed by atoms with Crippen LogP contribution in [-0.4, -0.2) is 35.9 Å². The molecule has 118 valence electrons. The molecule has 1 aromatic carbocycles. The molecule has 0 spiro atoms. The zero-order valence-electron chi connectivity index (χ0n) is 12.3. The maximum Gasteiger partial charge on any atom is 0.354 e. The van der Waals surface area contributed by atoms with Crippen molar-refractivity contribution < 1.29 is 19.8 Å². The maximum absolute atomic E-state index is 11.1. The van der Waals surface area contributed by atoms with Gasteiger partial charge in [-0.05, 0) is 30.7 Å². The van der Waals surface area contributed by atoms with Crippen LogP contribution in [0.1, 0.15) is 37.7 Å². The normalized spacial score (nSPS) is 10.2. The minimum absolute atomic E-state index is 0.247. The van der Waals surface area contributed by atoms with Crippen molar-refractivity contribution in [2.45, 2.75) is 6.92 Å². The number of rotatable bonds is 2. The van der Waals surface area contributed by atoms with Crippen molar-refractivity contribution in [1.82, 2.24) is 13.7 Å². The average molecular weight is 339 g/mol. The Morgan fingerprint density at radius 3 is 2.25 bits per heavy atom. The third kappa shape index (κ3) is 2.93. The number of fused-ring (bicyclic) bond motifs is 1. The van der Waals surface area contributed by atoms with Gasteiger partial charge >= 0.3 is 11.9 Å². The number of aromatic carboxylic acids is 2. The first kappa shape index (κ1) is 15.6. The molecule has 0 saturated heterocycles. The number of hydrogen-bond donors (Lipinski definition) is 2. The Morgan fingerprint density at radius 2 is 1.62 bits per heavy atom. The van der Waals surface area contributed by atoms with Crippen molar-refractivity contribution in [1.29, 1.82) is 0 Å². The zero-order chi connectivity index (χ0) is 17.3. The summed E-state index contributed by atoms with van der Waals surface area (Å²) in [4.78, 5) is 25.7. The fraction of sp³-hybridized carbons (Fsp3) is 0.0625. The number of aryl methyl sites for hydroxylation is 1. The van der Waals surface area contributed by atoms with Crippen molar-refractivity contribution in [2.75, 3.05) is 0 Å². The number of aromatic nitrogens is 3. The van der Waals surface area contributed by atoms with Crippen LogP contribution in [0.25, 0.3) is 11.0 Å². The molecule has 3 rings (SSSR count). The van der Waals surface area contributed by atoms with E-state index in [1.807, 2.05) is 13.0 Å². The summed E-state index contributed by atoms with van der Waals surface area (Å²) in [6.07, 6.45) is 0. The first-order valence-electron chi connectivity index (χ1n) is 6.68. The van der Waals surface area contributed by atoms with E-state index in [0.717, 1.165) is 22.8 Å². The van der Waals surface area contributed by atoms with E-state index in [1.54, 1.807) is 6.07 Å². The molecule has 0 atom stereocenters. The van der Waals surface area contributed by atoms with E-state index in [-0.39, 0.29) is 17.0 Å². The molecule has 0 unspecified atom stereocenters. The van der Waals surface area contributed by atoms with E-state index in [0.29, 0.717) is 11.1 Å². The van der Waals surface area contributed by atoms with Crippen LogP contribution < -0.4 is 0 Å². The summed E-state index contributed by atoms with van der Waals surface area (Å²) < 4.78 is 8.42. The minimum atomic E-state index is -1.32. The molecule has 0 radical (unpaired) electrons. The lowest BCUT2D eigenvalue weighted by Crippen LogP contribution is -2.08. The van der Waals surface area contributed by atoms with Gasteiger partial charge in [-0.3, -0.25) is 0 Å². The molecule has 24 heavy (non-hydrogen) atoms. The highest BCUT2D eigenvalue weighted by Gasteiger charge is 2.12. The Bertz CT molecular complexity index is 1010. The van der Waals surface area contributed by atoms with Gasteiger partial charge in [0.1, 0.15) is 22.4 Å². The highest BCUT2D eigenvalue weighted by Crippen LogP contribution is 2.19. The minimum Gasteiger partial charge on any atom is -0.477 e. The molecule has 0 fully saturated rings. The summed E-state index contributed by atoms with van der Waals surface area (Å²) in [6.45, 7) is 1.92. The van der Waals surface area contributed by atoms with Crippen molar-refractivity contribution in [3.8, 4) is 11.8 Å². The molecular weight excluding hydrogens is 330 g/mol. The van der Waals surface area contributed by atoms with Crippen LogP contribution in [0.4, 0.5) is 0 Å². The Labute approximate surface area is 139 Å². The van der Waals surface area contributed by atoms with Gasteiger partial charge in [0.15, 0.2) is 0 Å². The Hall–Kier alpha value is -3.31. The number of carbonyl (C=O) groups is 2. The van der Waals surface area contributed by atoms with Crippen molar-refractivity contribution >= 4 is 34.7 Å². The summed E-state index contributed by atoms with van der Waals surface area (Å²) in [7, 11) is 0. The predicted octanol–water partition coefficient (Wildman–Crippen LogP) is 2.19. The highest BCUT2D eigenvalue weighted by atomic mass is 32.1. The van der Waals surface area contributed by atoms with Gasteiger partial charge in [-0.15, -0.1) is 0 Å². The van der Waals surface area contributed by atoms with Crippen LogP contribution in [0.3, 0.4) is 0 Å². The second kappa shape index (κ2) is 6.06. The molecule has 2 N–H and O–H groups in total. The Kier molecular flexibility index (Phi) is 3.93. The van der Waals surface area contributed by atoms with Crippen molar-refractivity contribution in [2.24, 2.45) is 0 Å². The number of benzene rings is 1. The van der Waals surface area contributed by atoms with Crippen LogP contribution in [0.5, 0.6) is 0 Å². The standard InChI is InChI=1S/C16H9N3O4S/c1-8-2-4-10(14-13(8)18-24-19-14)5-3-9-6-11(15(20)21)17-12(7-9)16(22)23/h2,4,6-7H,1H3,(H,20,21)(H,22,23). The van der Waals surface area contributed by atoms with E-state index in [4.69, 9.17) is 10.2 Å². The zero-order valence-corrected chi connectivity index (χ0v) is 13.1. The second-order valence-corrected chi connectivity index (χ2v) is 5.41. The molecule has 0 aliphatic carbocycles. The number of carboxylic acid groups (broad SMARTS) is 2. The topological polar surface area (TPSA) is 113 Å². The average Bonchev–Trinajstić information content (AvgIpc) is 3.04. The van der Waals surface area contributed by atoms with E-state index in [9.17, 15) is 9.59 Å². The molecule has 0 aliphatic rings. The number of hydrogen-bond acceptors (Lipinski definition) is 6. The molecule has 2 aromatic heterocycles. The fourth-order valence-corrected chi connectivity index (χ4v) is 2.67. The van der Waals surface area contributed by atoms with Gasteiger partial charge in [-0.1, -0.05) is 17.9 Å². The number of carboxylic acids is 2. The first-order valence-corrected chi connectivity index (χ1v) is 7.41. The molecule has 8 heteroatoms. The van der Waals surface area contributed by atoms with Gasteiger partial charge in [0.2, 0.25) is 0 Å². The molecule has 0 bridgehead atoms. The van der Waals surface area contributed by atoms with Crippen LogP contribution in [0, 0.1) is 18.8 Å². The molecule has 0 amide bonds. The summed E-state index contributed by atoms with van der Waals surface area (Å²) in [5.41, 5.74) is 2.55. The summed E-state index contributed by atoms with van der Waals surface area (Å²) in [5, 5.41) is 18.0. The summed E-state index contributed by atoms with van der Waals surface area (Å²) >= 11 is 1.08. The molecule has 0 aliphatic heterocycles. The lowest BCUT2D eigenvalue weighted by molar-refractivity contribution is 0.0685. The van der Waals surface area contributed by atoms with Crippen molar-refractivity contribution in [3.05, 3.63) is 52.3 Å². The predicted molar refractivity (Wildman–Crippen MR) is 86.3 cm³/mol. The SMILES string of the molecule is Cc1ccc(C#Cc2cc(C(=O)O)nc(C(=O)O)c2)c2nsnc12. The van der Waals surface area contributed by atoms with Gasteiger partial charge in [-0.25, -0.2) is 14.6 Å². The summed E-state index contributed by atoms with van der Waals surface area (Å²) in [5.74, 6) is 3.03. The lowest BCUT2D eigenvalue weighted by atomic mass is 10.1. The lowest BCUT2D eigenvalue weighted by Gasteiger charge is -1.99. The van der Waals surface area contributed by atoms with Gasteiger partial charge in [0, 0.05) is 5.56 Å². The third-order valence-corrected chi connectivity index (χ3v) is 3.75. The van der Waals surface area contributed by atoms with E-state index >= 15 is 0 Å². The summed E-state index contributed by atoms with van der Waals surface area (Å²) in [6, 6.07) is 6.12. The van der Waals surface area contributed by atoms with Gasteiger partial charge in [-0.2, -0.15) is 8.75 Å². The van der Waals surface area contributed by atoms with Crippen molar-refractivity contribution in [3.63, 3.8) is 0 Å². The second-order valence-electron chi connectivity index (χ2n) is 4.88. The largest absolute Gasteiger partial charge is 0.477 e. The molecular formula is C16H9N3O4S. The smallest absolute Gasteiger partial charge is 0.354 e. The van der Waals surface area contributed by atoms with Gasteiger partial charge in [0.05, 0.1) is 17.3 Å². The van der Waals surface area contributed by atoms with E-state index < -0.39 is 11.9 Å². The fourth-order valence-electron chi connectivity index (χ4n) is 2.05. The molecule has 0 saturated carbocycles. The molecule has 3 aromatic rings. The van der Waals surface area contributed by atoms with E-state index in [2.05, 4.69) is 25.6 Å². The Morgan fingerprint density at radius 1 is 1.00 bits per heavy atom. The quantitative estimate of drug-likeness (QED) is 0.688. The molecule has 7 nitrogen and oxygen atoms in total. The Balaban J connectivity index is 2.10. The van der Waals surface area contributed by atoms with Crippen LogP contribution in [-0.2, 0) is 0 Å². The van der Waals surface area contributed by atoms with Crippen LogP contribution >= 0.6 is 11.7 Å². The van der Waals surface area contributed by atoms with Crippen LogP contribution in [0.15, 0.2) is 24.3 Å². The highest BCUT2D eigenvalue weighted by molar-refractivity contribution is 7.00. The van der Waals surface area contributed by atoms with Gasteiger partial charge in [0.25, 0.3) is 0 Å². The molecule has 2 heterocycles. The first-order chi connectivity index (χ1) is 11.5. The third-order valence-electron chi connectivity index (χ3n) is 3.22. The number of pyridine rings is 1. The number of nitrogens with zero attached hydrogens (tertiary/aromatic N) is 3. The maximum atomic E-state index is 11.1.